The van der Waals surface area contributed by atoms with Crippen molar-refractivity contribution in [1.82, 2.24) is 4.57 Å². The zero-order valence-corrected chi connectivity index (χ0v) is 12.7. The molecule has 1 aromatic heterocycles. The first kappa shape index (κ1) is 16.4. The lowest BCUT2D eigenvalue weighted by Gasteiger charge is -2.14. The van der Waals surface area contributed by atoms with E-state index in [1.54, 1.807) is 24.5 Å². The Labute approximate surface area is 127 Å². The molecule has 1 aliphatic rings. The molecule has 0 aliphatic carbocycles. The van der Waals surface area contributed by atoms with Gasteiger partial charge in [-0.2, -0.15) is 0 Å². The predicted octanol–water partition coefficient (Wildman–Crippen LogP) is 1.53. The molecule has 0 bridgehead atoms. The van der Waals surface area contributed by atoms with Crippen LogP contribution < -0.4 is 5.56 Å². The van der Waals surface area contributed by atoms with Crippen molar-refractivity contribution in [1.29, 1.82) is 0 Å². The van der Waals surface area contributed by atoms with E-state index in [4.69, 9.17) is 9.78 Å². The topological polar surface area (TPSA) is 83.8 Å². The van der Waals surface area contributed by atoms with Crippen LogP contribution in [0, 0.1) is 0 Å². The molecule has 22 heavy (non-hydrogen) atoms. The lowest BCUT2D eigenvalue weighted by molar-refractivity contribution is -0.324. The number of nitrogens with zero attached hydrogens (tertiary/aromatic N) is 1. The number of rotatable bonds is 8. The molecular weight excluding hydrogens is 290 g/mol. The third kappa shape index (κ3) is 3.10. The Morgan fingerprint density at radius 2 is 2.23 bits per heavy atom. The summed E-state index contributed by atoms with van der Waals surface area (Å²) in [6.07, 6.45) is 0.470. The van der Waals surface area contributed by atoms with E-state index in [1.165, 1.54) is 0 Å². The maximum Gasteiger partial charge on any atom is 0.293 e. The summed E-state index contributed by atoms with van der Waals surface area (Å²) in [6.45, 7) is 4.44. The van der Waals surface area contributed by atoms with Crippen LogP contribution in [0.4, 0.5) is 0 Å². The second-order valence-corrected chi connectivity index (χ2v) is 4.88. The first-order chi connectivity index (χ1) is 10.6. The third-order valence-electron chi connectivity index (χ3n) is 3.60. The zero-order chi connectivity index (χ0) is 16.1. The predicted molar refractivity (Wildman–Crippen MR) is 76.2 cm³/mol. The molecule has 1 unspecified atom stereocenters. The van der Waals surface area contributed by atoms with Gasteiger partial charge in [-0.3, -0.25) is 14.4 Å². The van der Waals surface area contributed by atoms with Crippen molar-refractivity contribution < 1.29 is 24.1 Å². The number of pyridine rings is 1. The van der Waals surface area contributed by atoms with E-state index in [0.29, 0.717) is 25.3 Å². The normalized spacial score (nSPS) is 16.4. The summed E-state index contributed by atoms with van der Waals surface area (Å²) in [7, 11) is 0. The lowest BCUT2D eigenvalue weighted by atomic mass is 10.0. The fourth-order valence-corrected chi connectivity index (χ4v) is 2.54. The molecule has 0 N–H and O–H groups in total. The first-order valence-electron chi connectivity index (χ1n) is 7.27. The van der Waals surface area contributed by atoms with E-state index in [1.807, 2.05) is 0 Å². The molecule has 0 fully saturated rings. The van der Waals surface area contributed by atoms with Crippen LogP contribution in [-0.4, -0.2) is 23.4 Å². The van der Waals surface area contributed by atoms with Crippen LogP contribution in [0.5, 0.6) is 0 Å². The summed E-state index contributed by atoms with van der Waals surface area (Å²) >= 11 is 0. The highest BCUT2D eigenvalue weighted by atomic mass is 17.2. The van der Waals surface area contributed by atoms with Crippen molar-refractivity contribution in [3.8, 4) is 0 Å². The first-order valence-corrected chi connectivity index (χ1v) is 7.27. The van der Waals surface area contributed by atoms with Crippen LogP contribution in [0.2, 0.25) is 0 Å². The van der Waals surface area contributed by atoms with Gasteiger partial charge in [-0.25, -0.2) is 9.78 Å². The summed E-state index contributed by atoms with van der Waals surface area (Å²) in [5, 5.41) is 0. The van der Waals surface area contributed by atoms with Gasteiger partial charge >= 0.3 is 0 Å². The van der Waals surface area contributed by atoms with Gasteiger partial charge in [-0.05, 0) is 13.0 Å². The van der Waals surface area contributed by atoms with Crippen LogP contribution in [0.15, 0.2) is 10.9 Å². The van der Waals surface area contributed by atoms with Gasteiger partial charge in [0.25, 0.3) is 12.0 Å². The largest absolute Gasteiger partial charge is 0.463 e. The van der Waals surface area contributed by atoms with Crippen LogP contribution in [-0.2, 0) is 32.5 Å². The summed E-state index contributed by atoms with van der Waals surface area (Å²) in [5.74, 6) is -0.174. The highest BCUT2D eigenvalue weighted by Crippen LogP contribution is 2.29. The number of aromatic nitrogens is 1. The number of hydrogen-bond acceptors (Lipinski definition) is 6. The van der Waals surface area contributed by atoms with Crippen LogP contribution in [0.1, 0.15) is 54.4 Å². The molecular formula is C15H19NO6. The van der Waals surface area contributed by atoms with E-state index in [0.717, 1.165) is 0 Å². The van der Waals surface area contributed by atoms with Gasteiger partial charge in [-0.15, -0.1) is 0 Å². The number of ketones is 1. The monoisotopic (exact) mass is 309 g/mol. The second-order valence-electron chi connectivity index (χ2n) is 4.88. The molecule has 0 saturated heterocycles. The Morgan fingerprint density at radius 3 is 2.86 bits per heavy atom. The third-order valence-corrected chi connectivity index (χ3v) is 3.60. The van der Waals surface area contributed by atoms with Crippen molar-refractivity contribution in [3.05, 3.63) is 33.2 Å². The smallest absolute Gasteiger partial charge is 0.293 e. The minimum absolute atomic E-state index is 0.174. The molecule has 0 amide bonds. The highest BCUT2D eigenvalue weighted by Gasteiger charge is 2.29. The average Bonchev–Trinajstić information content (AvgIpc) is 2.94. The fraction of sp³-hybridized carbons (Fsp3) is 0.533. The molecule has 2 heterocycles. The van der Waals surface area contributed by atoms with Gasteiger partial charge in [-0.1, -0.05) is 6.92 Å². The second kappa shape index (κ2) is 7.33. The van der Waals surface area contributed by atoms with E-state index in [-0.39, 0.29) is 48.1 Å². The molecule has 120 valence electrons. The van der Waals surface area contributed by atoms with E-state index in [9.17, 15) is 14.4 Å². The van der Waals surface area contributed by atoms with Crippen molar-refractivity contribution >= 4 is 12.3 Å². The Kier molecular flexibility index (Phi) is 5.46. The van der Waals surface area contributed by atoms with Crippen LogP contribution in [0.25, 0.3) is 0 Å². The number of hydrogen-bond donors (Lipinski definition) is 0. The molecule has 1 aromatic rings. The summed E-state index contributed by atoms with van der Waals surface area (Å²) in [5.41, 5.74) is 0.788. The number of carbonyl (C=O) groups is 2. The zero-order valence-electron chi connectivity index (χ0n) is 12.7. The van der Waals surface area contributed by atoms with Gasteiger partial charge in [0.05, 0.1) is 17.9 Å². The Hall–Kier alpha value is -1.99. The molecule has 0 saturated carbocycles. The maximum absolute atomic E-state index is 12.5. The van der Waals surface area contributed by atoms with Crippen LogP contribution in [0.3, 0.4) is 0 Å². The fourth-order valence-electron chi connectivity index (χ4n) is 2.54. The summed E-state index contributed by atoms with van der Waals surface area (Å²) in [6, 6.07) is 1.65. The molecule has 0 spiro atoms. The molecule has 2 rings (SSSR count). The number of carbonyl (C=O) groups excluding carboxylic acids is 2. The van der Waals surface area contributed by atoms with Crippen molar-refractivity contribution in [2.45, 2.75) is 45.9 Å². The molecule has 0 aromatic carbocycles. The van der Waals surface area contributed by atoms with Crippen LogP contribution >= 0.6 is 0 Å². The molecule has 0 radical (unpaired) electrons. The number of ether oxygens (including phenoxy) is 1. The Morgan fingerprint density at radius 1 is 1.45 bits per heavy atom. The minimum atomic E-state index is -0.378. The Balaban J connectivity index is 2.47. The van der Waals surface area contributed by atoms with Gasteiger partial charge in [0.2, 0.25) is 0 Å². The van der Waals surface area contributed by atoms with E-state index < -0.39 is 0 Å². The van der Waals surface area contributed by atoms with E-state index >= 15 is 0 Å². The quantitative estimate of drug-likeness (QED) is 0.313. The van der Waals surface area contributed by atoms with E-state index in [2.05, 4.69) is 4.74 Å². The van der Waals surface area contributed by atoms with Crippen molar-refractivity contribution in [2.24, 2.45) is 0 Å². The lowest BCUT2D eigenvalue weighted by Crippen LogP contribution is -2.27. The van der Waals surface area contributed by atoms with Crippen molar-refractivity contribution in [2.75, 3.05) is 6.61 Å². The SMILES string of the molecule is CCOOC1CCn2c1cc(C(=O)CC)c(COC=O)c2=O. The van der Waals surface area contributed by atoms with Gasteiger partial charge in [0, 0.05) is 24.9 Å². The molecule has 7 heteroatoms. The summed E-state index contributed by atoms with van der Waals surface area (Å²) in [4.78, 5) is 45.3. The molecule has 7 nitrogen and oxygen atoms in total. The van der Waals surface area contributed by atoms with Crippen molar-refractivity contribution in [3.63, 3.8) is 0 Å². The molecule has 1 aliphatic heterocycles. The average molecular weight is 309 g/mol. The Bertz CT molecular complexity index is 621. The standard InChI is InChI=1S/C15H19NO6/c1-3-13(18)10-7-12-14(22-21-4-2)5-6-16(12)15(19)11(10)8-20-9-17/h7,9,14H,3-6,8H2,1-2H3. The molecule has 1 atom stereocenters. The van der Waals surface area contributed by atoms with Gasteiger partial charge in [0.15, 0.2) is 5.78 Å². The minimum Gasteiger partial charge on any atom is -0.463 e. The number of fused-ring (bicyclic) bond motifs is 1. The maximum atomic E-state index is 12.5. The number of Topliss-reactive ketones (excluding diaryl/α,β-unsaturated/α-hetero) is 1. The summed E-state index contributed by atoms with van der Waals surface area (Å²) < 4.78 is 6.23. The van der Waals surface area contributed by atoms with Gasteiger partial charge < -0.3 is 9.30 Å². The highest BCUT2D eigenvalue weighted by molar-refractivity contribution is 5.97. The van der Waals surface area contributed by atoms with Gasteiger partial charge in [0.1, 0.15) is 12.7 Å².